The van der Waals surface area contributed by atoms with Crippen LogP contribution in [-0.2, 0) is 4.74 Å². The van der Waals surface area contributed by atoms with E-state index >= 15 is 0 Å². The number of halogens is 1. The second-order valence-electron chi connectivity index (χ2n) is 4.68. The Morgan fingerprint density at radius 2 is 2.00 bits per heavy atom. The first-order chi connectivity index (χ1) is 7.30. The Kier molecular flexibility index (Phi) is 2.06. The standard InChI is InChI=1S/C13H15FO/c14-11-6-4-5-10(9-11)12-13(15-12)7-2-1-3-8-13/h4-6,9,12H,1-3,7-8H2. The van der Waals surface area contributed by atoms with Gasteiger partial charge in [0.05, 0.1) is 5.60 Å². The number of hydrogen-bond acceptors (Lipinski definition) is 1. The van der Waals surface area contributed by atoms with Gasteiger partial charge in [0.1, 0.15) is 11.9 Å². The van der Waals surface area contributed by atoms with E-state index in [4.69, 9.17) is 4.74 Å². The van der Waals surface area contributed by atoms with Crippen LogP contribution in [0.3, 0.4) is 0 Å². The molecule has 0 N–H and O–H groups in total. The lowest BCUT2D eigenvalue weighted by molar-refractivity contribution is 0.233. The van der Waals surface area contributed by atoms with E-state index < -0.39 is 0 Å². The van der Waals surface area contributed by atoms with Crippen molar-refractivity contribution in [3.8, 4) is 0 Å². The topological polar surface area (TPSA) is 12.5 Å². The van der Waals surface area contributed by atoms with Gasteiger partial charge in [-0.05, 0) is 30.5 Å². The van der Waals surface area contributed by atoms with Crippen LogP contribution in [0, 0.1) is 5.82 Å². The van der Waals surface area contributed by atoms with Crippen LogP contribution in [0.4, 0.5) is 4.39 Å². The summed E-state index contributed by atoms with van der Waals surface area (Å²) in [4.78, 5) is 0. The van der Waals surface area contributed by atoms with Crippen molar-refractivity contribution < 1.29 is 9.13 Å². The highest BCUT2D eigenvalue weighted by atomic mass is 19.1. The zero-order valence-electron chi connectivity index (χ0n) is 8.71. The molecule has 1 atom stereocenters. The molecule has 1 aliphatic carbocycles. The van der Waals surface area contributed by atoms with Gasteiger partial charge in [-0.2, -0.15) is 0 Å². The molecule has 1 spiro atoms. The van der Waals surface area contributed by atoms with Gasteiger partial charge in [-0.25, -0.2) is 4.39 Å². The normalized spacial score (nSPS) is 27.9. The Hall–Kier alpha value is -0.890. The van der Waals surface area contributed by atoms with Crippen molar-refractivity contribution in [1.29, 1.82) is 0 Å². The monoisotopic (exact) mass is 206 g/mol. The van der Waals surface area contributed by atoms with E-state index in [0.717, 1.165) is 18.4 Å². The summed E-state index contributed by atoms with van der Waals surface area (Å²) in [5, 5.41) is 0. The molecule has 1 aromatic rings. The molecule has 2 aliphatic rings. The van der Waals surface area contributed by atoms with Crippen LogP contribution >= 0.6 is 0 Å². The molecular formula is C13H15FO. The van der Waals surface area contributed by atoms with Gasteiger partial charge in [0.15, 0.2) is 0 Å². The number of benzene rings is 1. The lowest BCUT2D eigenvalue weighted by atomic mass is 9.84. The Balaban J connectivity index is 1.80. The summed E-state index contributed by atoms with van der Waals surface area (Å²) in [6.45, 7) is 0. The van der Waals surface area contributed by atoms with Crippen LogP contribution in [0.2, 0.25) is 0 Å². The fourth-order valence-electron chi connectivity index (χ4n) is 2.77. The Morgan fingerprint density at radius 3 is 2.73 bits per heavy atom. The third-order valence-electron chi connectivity index (χ3n) is 3.62. The number of ether oxygens (including phenoxy) is 1. The van der Waals surface area contributed by atoms with Gasteiger partial charge in [0.2, 0.25) is 0 Å². The van der Waals surface area contributed by atoms with Gasteiger partial charge >= 0.3 is 0 Å². The molecule has 2 heteroatoms. The highest BCUT2D eigenvalue weighted by molar-refractivity contribution is 5.27. The smallest absolute Gasteiger partial charge is 0.123 e. The van der Waals surface area contributed by atoms with Crippen molar-refractivity contribution in [3.05, 3.63) is 35.6 Å². The molecule has 0 bridgehead atoms. The average Bonchev–Trinajstić information content (AvgIpc) is 2.93. The van der Waals surface area contributed by atoms with Crippen LogP contribution in [0.5, 0.6) is 0 Å². The predicted molar refractivity (Wildman–Crippen MR) is 56.0 cm³/mol. The Labute approximate surface area is 89.3 Å². The van der Waals surface area contributed by atoms with Crippen LogP contribution in [0.15, 0.2) is 24.3 Å². The van der Waals surface area contributed by atoms with Crippen LogP contribution in [-0.4, -0.2) is 5.60 Å². The van der Waals surface area contributed by atoms with Crippen LogP contribution in [0.25, 0.3) is 0 Å². The van der Waals surface area contributed by atoms with Gasteiger partial charge in [-0.3, -0.25) is 0 Å². The quantitative estimate of drug-likeness (QED) is 0.639. The van der Waals surface area contributed by atoms with Crippen molar-refractivity contribution in [2.24, 2.45) is 0 Å². The molecule has 3 rings (SSSR count). The highest BCUT2D eigenvalue weighted by Crippen LogP contribution is 2.57. The van der Waals surface area contributed by atoms with E-state index in [9.17, 15) is 4.39 Å². The van der Waals surface area contributed by atoms with Crippen LogP contribution < -0.4 is 0 Å². The first kappa shape index (κ1) is 9.34. The summed E-state index contributed by atoms with van der Waals surface area (Å²) in [6, 6.07) is 6.83. The van der Waals surface area contributed by atoms with Gasteiger partial charge < -0.3 is 4.74 Å². The number of rotatable bonds is 1. The molecular weight excluding hydrogens is 191 g/mol. The first-order valence-electron chi connectivity index (χ1n) is 5.73. The molecule has 0 radical (unpaired) electrons. The molecule has 1 saturated heterocycles. The van der Waals surface area contributed by atoms with Crippen LogP contribution in [0.1, 0.15) is 43.8 Å². The third-order valence-corrected chi connectivity index (χ3v) is 3.62. The minimum absolute atomic E-state index is 0.0754. The minimum Gasteiger partial charge on any atom is -0.361 e. The summed E-state index contributed by atoms with van der Waals surface area (Å²) in [7, 11) is 0. The van der Waals surface area contributed by atoms with Crippen molar-refractivity contribution in [1.82, 2.24) is 0 Å². The molecule has 1 saturated carbocycles. The zero-order chi connectivity index (χ0) is 10.3. The maximum Gasteiger partial charge on any atom is 0.123 e. The van der Waals surface area contributed by atoms with Crippen molar-refractivity contribution in [3.63, 3.8) is 0 Å². The third kappa shape index (κ3) is 1.57. The maximum atomic E-state index is 13.1. The largest absolute Gasteiger partial charge is 0.361 e. The lowest BCUT2D eigenvalue weighted by Gasteiger charge is -2.18. The first-order valence-corrected chi connectivity index (χ1v) is 5.73. The molecule has 0 amide bonds. The van der Waals surface area contributed by atoms with E-state index in [2.05, 4.69) is 0 Å². The Morgan fingerprint density at radius 1 is 1.20 bits per heavy atom. The molecule has 1 unspecified atom stereocenters. The van der Waals surface area contributed by atoms with E-state index in [1.54, 1.807) is 12.1 Å². The summed E-state index contributed by atoms with van der Waals surface area (Å²) in [5.74, 6) is -0.158. The van der Waals surface area contributed by atoms with Gasteiger partial charge in [0.25, 0.3) is 0 Å². The molecule has 1 nitrogen and oxygen atoms in total. The number of epoxide rings is 1. The molecule has 0 aromatic heterocycles. The average molecular weight is 206 g/mol. The maximum absolute atomic E-state index is 13.1. The van der Waals surface area contributed by atoms with E-state index in [0.29, 0.717) is 0 Å². The van der Waals surface area contributed by atoms with E-state index in [1.807, 2.05) is 6.07 Å². The van der Waals surface area contributed by atoms with E-state index in [-0.39, 0.29) is 17.5 Å². The Bertz CT molecular complexity index is 369. The van der Waals surface area contributed by atoms with Gasteiger partial charge in [0, 0.05) is 0 Å². The van der Waals surface area contributed by atoms with Crippen molar-refractivity contribution in [2.75, 3.05) is 0 Å². The molecule has 1 aliphatic heterocycles. The molecule has 2 fully saturated rings. The molecule has 15 heavy (non-hydrogen) atoms. The van der Waals surface area contributed by atoms with Gasteiger partial charge in [-0.15, -0.1) is 0 Å². The van der Waals surface area contributed by atoms with Gasteiger partial charge in [-0.1, -0.05) is 31.4 Å². The summed E-state index contributed by atoms with van der Waals surface area (Å²) >= 11 is 0. The second-order valence-corrected chi connectivity index (χ2v) is 4.68. The summed E-state index contributed by atoms with van der Waals surface area (Å²) in [5.41, 5.74) is 1.09. The molecule has 1 heterocycles. The second kappa shape index (κ2) is 3.31. The fourth-order valence-corrected chi connectivity index (χ4v) is 2.77. The zero-order valence-corrected chi connectivity index (χ0v) is 8.71. The van der Waals surface area contributed by atoms with Crippen molar-refractivity contribution in [2.45, 2.75) is 43.8 Å². The van der Waals surface area contributed by atoms with E-state index in [1.165, 1.54) is 25.3 Å². The highest BCUT2D eigenvalue weighted by Gasteiger charge is 2.56. The molecule has 1 aromatic carbocycles. The minimum atomic E-state index is -0.158. The fraction of sp³-hybridized carbons (Fsp3) is 0.538. The lowest BCUT2D eigenvalue weighted by Crippen LogP contribution is -2.16. The summed E-state index contributed by atoms with van der Waals surface area (Å²) < 4.78 is 18.9. The molecule has 80 valence electrons. The SMILES string of the molecule is Fc1cccc(C2OC23CCCCC3)c1. The predicted octanol–water partition coefficient (Wildman–Crippen LogP) is 3.60. The number of hydrogen-bond donors (Lipinski definition) is 0. The summed E-state index contributed by atoms with van der Waals surface area (Å²) in [6.07, 6.45) is 6.29. The van der Waals surface area contributed by atoms with Crippen molar-refractivity contribution >= 4 is 0 Å².